The summed E-state index contributed by atoms with van der Waals surface area (Å²) in [5.41, 5.74) is 3.70. The zero-order valence-electron chi connectivity index (χ0n) is 17.0. The van der Waals surface area contributed by atoms with Crippen LogP contribution >= 0.6 is 0 Å². The average Bonchev–Trinajstić information content (AvgIpc) is 2.79. The molecule has 29 heavy (non-hydrogen) atoms. The van der Waals surface area contributed by atoms with Gasteiger partial charge in [0.05, 0.1) is 5.69 Å². The molecule has 0 saturated carbocycles. The van der Waals surface area contributed by atoms with Gasteiger partial charge in [-0.2, -0.15) is 0 Å². The number of likely N-dealkylation sites (tertiary alicyclic amines) is 1. The van der Waals surface area contributed by atoms with Crippen molar-refractivity contribution in [3.8, 4) is 5.75 Å². The van der Waals surface area contributed by atoms with Crippen LogP contribution in [0, 0.1) is 5.92 Å². The molecule has 4 heteroatoms. The van der Waals surface area contributed by atoms with Crippen LogP contribution in [0.4, 0.5) is 0 Å². The van der Waals surface area contributed by atoms with Gasteiger partial charge in [-0.1, -0.05) is 49.4 Å². The van der Waals surface area contributed by atoms with E-state index in [9.17, 15) is 4.79 Å². The fraction of sp³-hybridized carbons (Fsp3) is 0.360. The lowest BCUT2D eigenvalue weighted by Gasteiger charge is -2.30. The number of allylic oxidation sites excluding steroid dienone is 4. The van der Waals surface area contributed by atoms with Crippen molar-refractivity contribution in [1.29, 1.82) is 0 Å². The second-order valence-electron chi connectivity index (χ2n) is 7.93. The predicted octanol–water partition coefficient (Wildman–Crippen LogP) is 5.27. The highest BCUT2D eigenvalue weighted by molar-refractivity contribution is 5.92. The summed E-state index contributed by atoms with van der Waals surface area (Å²) in [5, 5.41) is 0. The topological polar surface area (TPSA) is 42.4 Å². The highest BCUT2D eigenvalue weighted by Crippen LogP contribution is 2.31. The van der Waals surface area contributed by atoms with E-state index in [0.717, 1.165) is 55.8 Å². The van der Waals surface area contributed by atoms with Gasteiger partial charge in [-0.3, -0.25) is 4.79 Å². The summed E-state index contributed by atoms with van der Waals surface area (Å²) in [5.74, 6) is 1.58. The quantitative estimate of drug-likeness (QED) is 0.701. The Bertz CT molecular complexity index is 924. The number of aromatic nitrogens is 1. The number of para-hydroxylation sites is 1. The first kappa shape index (κ1) is 19.4. The van der Waals surface area contributed by atoms with Crippen molar-refractivity contribution in [3.63, 3.8) is 0 Å². The number of carbonyl (C=O) groups excluding carboxylic acids is 1. The third-order valence-electron chi connectivity index (χ3n) is 5.72. The molecule has 1 aliphatic heterocycles. The summed E-state index contributed by atoms with van der Waals surface area (Å²) in [6, 6.07) is 13.7. The molecule has 0 bridgehead atoms. The van der Waals surface area contributed by atoms with Crippen molar-refractivity contribution in [2.75, 3.05) is 13.1 Å². The Balaban J connectivity index is 1.45. The average molecular weight is 389 g/mol. The van der Waals surface area contributed by atoms with Crippen molar-refractivity contribution in [2.45, 2.75) is 39.2 Å². The second-order valence-corrected chi connectivity index (χ2v) is 7.93. The van der Waals surface area contributed by atoms with E-state index in [1.165, 1.54) is 5.57 Å². The molecule has 0 atom stereocenters. The zero-order chi connectivity index (χ0) is 20.1. The Morgan fingerprint density at radius 3 is 2.76 bits per heavy atom. The normalized spacial score (nSPS) is 17.1. The first-order valence-corrected chi connectivity index (χ1v) is 10.5. The summed E-state index contributed by atoms with van der Waals surface area (Å²) in [6.45, 7) is 4.23. The van der Waals surface area contributed by atoms with Gasteiger partial charge in [0.2, 0.25) is 0 Å². The maximum Gasteiger partial charge on any atom is 0.272 e. The van der Waals surface area contributed by atoms with Gasteiger partial charge in [-0.15, -0.1) is 0 Å². The van der Waals surface area contributed by atoms with E-state index in [0.29, 0.717) is 18.2 Å². The third kappa shape index (κ3) is 4.76. The molecular formula is C25H28N2O2. The number of carbonyl (C=O) groups is 1. The highest BCUT2D eigenvalue weighted by Gasteiger charge is 2.22. The van der Waals surface area contributed by atoms with E-state index < -0.39 is 0 Å². The molecule has 2 aromatic rings. The molecule has 0 radical (unpaired) electrons. The SMILES string of the molecule is CC1CCN(C(=O)c2cccc(COc3ccccc3C3=CC=CCC3)n2)CC1. The molecule has 0 spiro atoms. The van der Waals surface area contributed by atoms with Gasteiger partial charge in [0.15, 0.2) is 0 Å². The first-order chi connectivity index (χ1) is 14.2. The minimum Gasteiger partial charge on any atom is -0.487 e. The lowest BCUT2D eigenvalue weighted by Crippen LogP contribution is -2.38. The molecule has 1 amide bonds. The van der Waals surface area contributed by atoms with Crippen molar-refractivity contribution in [3.05, 3.63) is 77.6 Å². The van der Waals surface area contributed by atoms with E-state index in [4.69, 9.17) is 4.74 Å². The number of benzene rings is 1. The summed E-state index contributed by atoms with van der Waals surface area (Å²) in [6.07, 6.45) is 10.7. The van der Waals surface area contributed by atoms with Crippen LogP contribution in [-0.2, 0) is 6.61 Å². The molecule has 0 unspecified atom stereocenters. The molecule has 2 aliphatic rings. The van der Waals surface area contributed by atoms with Crippen LogP contribution in [0.3, 0.4) is 0 Å². The van der Waals surface area contributed by atoms with E-state index >= 15 is 0 Å². The number of pyridine rings is 1. The van der Waals surface area contributed by atoms with E-state index in [-0.39, 0.29) is 5.91 Å². The lowest BCUT2D eigenvalue weighted by atomic mass is 9.97. The minimum absolute atomic E-state index is 0.0262. The standard InChI is InChI=1S/C25H28N2O2/c1-19-14-16-27(17-15-19)25(28)23-12-7-10-21(26-23)18-29-24-13-6-5-11-22(24)20-8-3-2-4-9-20/h2-3,5-8,10-13,19H,4,9,14-18H2,1H3. The van der Waals surface area contributed by atoms with Gasteiger partial charge in [-0.25, -0.2) is 4.98 Å². The highest BCUT2D eigenvalue weighted by atomic mass is 16.5. The Labute approximate surface area is 172 Å². The van der Waals surface area contributed by atoms with Crippen LogP contribution < -0.4 is 4.74 Å². The summed E-state index contributed by atoms with van der Waals surface area (Å²) >= 11 is 0. The largest absolute Gasteiger partial charge is 0.487 e. The maximum absolute atomic E-state index is 12.8. The van der Waals surface area contributed by atoms with Gasteiger partial charge < -0.3 is 9.64 Å². The summed E-state index contributed by atoms with van der Waals surface area (Å²) in [7, 11) is 0. The first-order valence-electron chi connectivity index (χ1n) is 10.5. The molecule has 4 rings (SSSR count). The van der Waals surface area contributed by atoms with Crippen LogP contribution in [0.1, 0.15) is 54.4 Å². The molecule has 1 fully saturated rings. The Kier molecular flexibility index (Phi) is 6.09. The number of nitrogens with zero attached hydrogens (tertiary/aromatic N) is 2. The van der Waals surface area contributed by atoms with Crippen molar-refractivity contribution in [1.82, 2.24) is 9.88 Å². The van der Waals surface area contributed by atoms with Gasteiger partial charge >= 0.3 is 0 Å². The molecule has 4 nitrogen and oxygen atoms in total. The monoisotopic (exact) mass is 388 g/mol. The number of hydrogen-bond donors (Lipinski definition) is 0. The smallest absolute Gasteiger partial charge is 0.272 e. The molecule has 1 aliphatic carbocycles. The summed E-state index contributed by atoms with van der Waals surface area (Å²) < 4.78 is 6.12. The third-order valence-corrected chi connectivity index (χ3v) is 5.72. The van der Waals surface area contributed by atoms with Gasteiger partial charge in [-0.05, 0) is 55.4 Å². The molecule has 150 valence electrons. The lowest BCUT2D eigenvalue weighted by molar-refractivity contribution is 0.0690. The van der Waals surface area contributed by atoms with Crippen LogP contribution in [0.2, 0.25) is 0 Å². The van der Waals surface area contributed by atoms with Crippen LogP contribution in [0.5, 0.6) is 5.75 Å². The molecule has 2 heterocycles. The number of hydrogen-bond acceptors (Lipinski definition) is 3. The number of ether oxygens (including phenoxy) is 1. The maximum atomic E-state index is 12.8. The van der Waals surface area contributed by atoms with Gasteiger partial charge in [0.1, 0.15) is 18.1 Å². The van der Waals surface area contributed by atoms with Crippen molar-refractivity contribution in [2.24, 2.45) is 5.92 Å². The Morgan fingerprint density at radius 2 is 1.97 bits per heavy atom. The molecule has 1 aromatic carbocycles. The Morgan fingerprint density at radius 1 is 1.14 bits per heavy atom. The van der Waals surface area contributed by atoms with Crippen LogP contribution in [0.25, 0.3) is 5.57 Å². The number of piperidine rings is 1. The number of rotatable bonds is 5. The zero-order valence-corrected chi connectivity index (χ0v) is 17.0. The molecule has 0 N–H and O–H groups in total. The predicted molar refractivity (Wildman–Crippen MR) is 116 cm³/mol. The fourth-order valence-corrected chi connectivity index (χ4v) is 3.89. The number of amides is 1. The summed E-state index contributed by atoms with van der Waals surface area (Å²) in [4.78, 5) is 19.3. The minimum atomic E-state index is 0.0262. The second kappa shape index (κ2) is 9.08. The van der Waals surface area contributed by atoms with E-state index in [2.05, 4.69) is 36.2 Å². The van der Waals surface area contributed by atoms with Crippen molar-refractivity contribution >= 4 is 11.5 Å². The van der Waals surface area contributed by atoms with Gasteiger partial charge in [0.25, 0.3) is 5.91 Å². The molecule has 1 aromatic heterocycles. The Hall–Kier alpha value is -2.88. The fourth-order valence-electron chi connectivity index (χ4n) is 3.89. The van der Waals surface area contributed by atoms with E-state index in [1.54, 1.807) is 6.07 Å². The van der Waals surface area contributed by atoms with Gasteiger partial charge in [0, 0.05) is 18.7 Å². The molecular weight excluding hydrogens is 360 g/mol. The van der Waals surface area contributed by atoms with Crippen molar-refractivity contribution < 1.29 is 9.53 Å². The van der Waals surface area contributed by atoms with Crippen LogP contribution in [0.15, 0.2) is 60.7 Å². The van der Waals surface area contributed by atoms with Crippen LogP contribution in [-0.4, -0.2) is 28.9 Å². The molecule has 1 saturated heterocycles. The van der Waals surface area contributed by atoms with E-state index in [1.807, 2.05) is 35.2 Å².